The maximum Gasteiger partial charge on any atom is 0.253 e. The first-order valence-corrected chi connectivity index (χ1v) is 9.42. The molecule has 2 nitrogen and oxygen atoms in total. The van der Waals surface area contributed by atoms with E-state index in [-0.39, 0.29) is 11.4 Å². The Kier molecular flexibility index (Phi) is 5.31. The van der Waals surface area contributed by atoms with Gasteiger partial charge in [-0.05, 0) is 50.8 Å². The standard InChI is InChI=1S/C12H14Br3NOS/c13-7-12(4-2-1-3-5-12)16-11(17)8-6-9(14)18-10(8)15/h6H,1-5,7H2,(H,16,17). The number of alkyl halides is 1. The Morgan fingerprint density at radius 1 is 1.33 bits per heavy atom. The van der Waals surface area contributed by atoms with E-state index in [1.807, 2.05) is 6.07 Å². The number of hydrogen-bond acceptors (Lipinski definition) is 2. The molecule has 1 N–H and O–H groups in total. The molecule has 18 heavy (non-hydrogen) atoms. The molecule has 0 unspecified atom stereocenters. The highest BCUT2D eigenvalue weighted by Crippen LogP contribution is 2.34. The van der Waals surface area contributed by atoms with Crippen molar-refractivity contribution in [3.05, 3.63) is 19.2 Å². The van der Waals surface area contributed by atoms with Crippen LogP contribution in [0.5, 0.6) is 0 Å². The number of nitrogens with one attached hydrogen (secondary N) is 1. The molecule has 1 aromatic heterocycles. The Morgan fingerprint density at radius 2 is 2.00 bits per heavy atom. The normalized spacial score (nSPS) is 18.6. The molecule has 0 aliphatic heterocycles. The molecule has 0 atom stereocenters. The van der Waals surface area contributed by atoms with Crippen LogP contribution in [0, 0.1) is 0 Å². The number of hydrogen-bond donors (Lipinski definition) is 1. The zero-order chi connectivity index (χ0) is 13.2. The minimum atomic E-state index is -0.0663. The summed E-state index contributed by atoms with van der Waals surface area (Å²) in [5.74, 6) is 0.0187. The summed E-state index contributed by atoms with van der Waals surface area (Å²) >= 11 is 11.9. The van der Waals surface area contributed by atoms with Gasteiger partial charge in [-0.25, -0.2) is 0 Å². The number of rotatable bonds is 3. The Bertz CT molecular complexity index is 441. The fourth-order valence-corrected chi connectivity index (χ4v) is 5.82. The second kappa shape index (κ2) is 6.37. The summed E-state index contributed by atoms with van der Waals surface area (Å²) in [6.07, 6.45) is 5.79. The van der Waals surface area contributed by atoms with Gasteiger partial charge in [0.2, 0.25) is 0 Å². The van der Waals surface area contributed by atoms with Gasteiger partial charge in [0.05, 0.1) is 18.7 Å². The lowest BCUT2D eigenvalue weighted by atomic mass is 9.83. The second-order valence-electron chi connectivity index (χ2n) is 4.67. The molecule has 0 spiro atoms. The van der Waals surface area contributed by atoms with Gasteiger partial charge in [0.1, 0.15) is 0 Å². The molecule has 0 bridgehead atoms. The molecule has 0 saturated heterocycles. The predicted octanol–water partition coefficient (Wildman–Crippen LogP) is 5.10. The molecule has 1 aliphatic carbocycles. The van der Waals surface area contributed by atoms with Gasteiger partial charge >= 0.3 is 0 Å². The smallest absolute Gasteiger partial charge is 0.253 e. The number of thiophene rings is 1. The molecule has 100 valence electrons. The number of halogens is 3. The van der Waals surface area contributed by atoms with Crippen molar-refractivity contribution in [3.8, 4) is 0 Å². The predicted molar refractivity (Wildman–Crippen MR) is 86.8 cm³/mol. The molecule has 1 saturated carbocycles. The van der Waals surface area contributed by atoms with Crippen molar-refractivity contribution in [2.45, 2.75) is 37.6 Å². The first-order chi connectivity index (χ1) is 8.56. The third kappa shape index (κ3) is 3.38. The van der Waals surface area contributed by atoms with Crippen molar-refractivity contribution in [2.24, 2.45) is 0 Å². The van der Waals surface area contributed by atoms with Crippen molar-refractivity contribution < 1.29 is 4.79 Å². The molecule has 0 radical (unpaired) electrons. The van der Waals surface area contributed by atoms with E-state index in [1.165, 1.54) is 30.6 Å². The Balaban J connectivity index is 2.12. The molecule has 1 aliphatic rings. The van der Waals surface area contributed by atoms with E-state index in [0.29, 0.717) is 0 Å². The van der Waals surface area contributed by atoms with E-state index in [1.54, 1.807) is 0 Å². The van der Waals surface area contributed by atoms with E-state index >= 15 is 0 Å². The summed E-state index contributed by atoms with van der Waals surface area (Å²) < 4.78 is 1.85. The van der Waals surface area contributed by atoms with Crippen molar-refractivity contribution in [1.82, 2.24) is 5.32 Å². The van der Waals surface area contributed by atoms with E-state index in [2.05, 4.69) is 53.1 Å². The van der Waals surface area contributed by atoms with Gasteiger partial charge in [0, 0.05) is 5.33 Å². The van der Waals surface area contributed by atoms with Crippen LogP contribution in [-0.4, -0.2) is 16.8 Å². The fourth-order valence-electron chi connectivity index (χ4n) is 2.32. The van der Waals surface area contributed by atoms with Crippen LogP contribution < -0.4 is 5.32 Å². The minimum Gasteiger partial charge on any atom is -0.346 e. The maximum absolute atomic E-state index is 12.3. The van der Waals surface area contributed by atoms with E-state index < -0.39 is 0 Å². The van der Waals surface area contributed by atoms with Crippen molar-refractivity contribution >= 4 is 65.0 Å². The quantitative estimate of drug-likeness (QED) is 0.626. The van der Waals surface area contributed by atoms with E-state index in [0.717, 1.165) is 31.3 Å². The number of carbonyl (C=O) groups excluding carboxylic acids is 1. The lowest BCUT2D eigenvalue weighted by Gasteiger charge is -2.36. The summed E-state index contributed by atoms with van der Waals surface area (Å²) in [4.78, 5) is 12.3. The van der Waals surface area contributed by atoms with E-state index in [4.69, 9.17) is 0 Å². The Morgan fingerprint density at radius 3 is 2.50 bits per heavy atom. The van der Waals surface area contributed by atoms with Gasteiger partial charge in [-0.1, -0.05) is 35.2 Å². The number of amides is 1. The minimum absolute atomic E-state index is 0.0187. The van der Waals surface area contributed by atoms with Gasteiger partial charge in [-0.2, -0.15) is 0 Å². The number of carbonyl (C=O) groups is 1. The zero-order valence-corrected chi connectivity index (χ0v) is 15.3. The summed E-state index contributed by atoms with van der Waals surface area (Å²) in [5, 5.41) is 4.05. The topological polar surface area (TPSA) is 29.1 Å². The third-order valence-electron chi connectivity index (χ3n) is 3.35. The van der Waals surface area contributed by atoms with Gasteiger partial charge in [-0.3, -0.25) is 4.79 Å². The Labute approximate surface area is 136 Å². The van der Waals surface area contributed by atoms with Crippen LogP contribution in [0.2, 0.25) is 0 Å². The van der Waals surface area contributed by atoms with E-state index in [9.17, 15) is 4.79 Å². The lowest BCUT2D eigenvalue weighted by molar-refractivity contribution is 0.0886. The monoisotopic (exact) mass is 457 g/mol. The van der Waals surface area contributed by atoms with Crippen LogP contribution in [0.3, 0.4) is 0 Å². The van der Waals surface area contributed by atoms with Crippen molar-refractivity contribution in [2.75, 3.05) is 5.33 Å². The fraction of sp³-hybridized carbons (Fsp3) is 0.583. The summed E-state index contributed by atoms with van der Waals surface area (Å²) in [5.41, 5.74) is 0.654. The van der Waals surface area contributed by atoms with Crippen LogP contribution in [-0.2, 0) is 0 Å². The molecule has 6 heteroatoms. The molecule has 1 amide bonds. The van der Waals surface area contributed by atoms with Crippen LogP contribution in [0.4, 0.5) is 0 Å². The van der Waals surface area contributed by atoms with Gasteiger partial charge in [0.25, 0.3) is 5.91 Å². The maximum atomic E-state index is 12.3. The average Bonchev–Trinajstić information content (AvgIpc) is 2.70. The SMILES string of the molecule is O=C(NC1(CBr)CCCCC1)c1cc(Br)sc1Br. The largest absolute Gasteiger partial charge is 0.346 e. The van der Waals surface area contributed by atoms with Crippen molar-refractivity contribution in [3.63, 3.8) is 0 Å². The lowest BCUT2D eigenvalue weighted by Crippen LogP contribution is -2.51. The highest BCUT2D eigenvalue weighted by molar-refractivity contribution is 9.12. The molecular weight excluding hydrogens is 446 g/mol. The molecule has 2 rings (SSSR count). The van der Waals surface area contributed by atoms with Crippen LogP contribution in [0.1, 0.15) is 42.5 Å². The molecular formula is C12H14Br3NOS. The second-order valence-corrected chi connectivity index (χ2v) is 8.98. The first-order valence-electron chi connectivity index (χ1n) is 5.90. The zero-order valence-electron chi connectivity index (χ0n) is 9.77. The van der Waals surface area contributed by atoms with Crippen LogP contribution in [0.15, 0.2) is 13.6 Å². The summed E-state index contributed by atoms with van der Waals surface area (Å²) in [7, 11) is 0. The average molecular weight is 460 g/mol. The van der Waals surface area contributed by atoms with Gasteiger partial charge < -0.3 is 5.32 Å². The first kappa shape index (κ1) is 15.0. The highest BCUT2D eigenvalue weighted by atomic mass is 79.9. The summed E-state index contributed by atoms with van der Waals surface area (Å²) in [6, 6.07) is 1.87. The molecule has 0 aromatic carbocycles. The Hall–Kier alpha value is 0.610. The van der Waals surface area contributed by atoms with Gasteiger partial charge in [0.15, 0.2) is 0 Å². The van der Waals surface area contributed by atoms with Crippen LogP contribution >= 0.6 is 59.1 Å². The molecule has 1 fully saturated rings. The molecule has 1 heterocycles. The third-order valence-corrected chi connectivity index (χ3v) is 6.76. The van der Waals surface area contributed by atoms with Crippen molar-refractivity contribution in [1.29, 1.82) is 0 Å². The van der Waals surface area contributed by atoms with Crippen LogP contribution in [0.25, 0.3) is 0 Å². The highest BCUT2D eigenvalue weighted by Gasteiger charge is 2.33. The van der Waals surface area contributed by atoms with Gasteiger partial charge in [-0.15, -0.1) is 11.3 Å². The molecule has 1 aromatic rings. The summed E-state index contributed by atoms with van der Waals surface area (Å²) in [6.45, 7) is 0.